The molecule has 6 heteroatoms. The van der Waals surface area contributed by atoms with Gasteiger partial charge in [0.1, 0.15) is 6.04 Å². The molecule has 0 aliphatic rings. The molecule has 0 aromatic carbocycles. The number of nitrogens with zero attached hydrogens (tertiary/aromatic N) is 1. The second-order valence-corrected chi connectivity index (χ2v) is 3.30. The highest BCUT2D eigenvalue weighted by atomic mass is 35.5. The zero-order valence-corrected chi connectivity index (χ0v) is 8.05. The molecule has 4 nitrogen and oxygen atoms in total. The lowest BCUT2D eigenvalue weighted by Gasteiger charge is -2.13. The van der Waals surface area contributed by atoms with Gasteiger partial charge in [0.15, 0.2) is 0 Å². The van der Waals surface area contributed by atoms with E-state index < -0.39 is 12.0 Å². The third-order valence-corrected chi connectivity index (χ3v) is 1.92. The number of aliphatic carboxylic acids is 1. The van der Waals surface area contributed by atoms with Crippen LogP contribution in [-0.4, -0.2) is 27.6 Å². The summed E-state index contributed by atoms with van der Waals surface area (Å²) >= 11 is 10.6. The van der Waals surface area contributed by atoms with E-state index in [2.05, 4.69) is 0 Å². The molecule has 12 heavy (non-hydrogen) atoms. The van der Waals surface area contributed by atoms with Gasteiger partial charge in [-0.1, -0.05) is 0 Å². The number of nitrogens with two attached hydrogens (primary N) is 1. The largest absolute Gasteiger partial charge is 0.480 e. The summed E-state index contributed by atoms with van der Waals surface area (Å²) in [5.74, 6) is -1.02. The maximum atomic E-state index is 10.5. The molecule has 0 aliphatic carbocycles. The molecule has 0 radical (unpaired) electrons. The summed E-state index contributed by atoms with van der Waals surface area (Å²) in [6.45, 7) is 0.552. The molecule has 0 unspecified atom stereocenters. The first kappa shape index (κ1) is 12.0. The first-order valence-corrected chi connectivity index (χ1v) is 4.31. The average molecular weight is 215 g/mol. The van der Waals surface area contributed by atoms with Gasteiger partial charge in [-0.15, -0.1) is 3.94 Å². The summed E-state index contributed by atoms with van der Waals surface area (Å²) in [4.78, 5) is 10.5. The van der Waals surface area contributed by atoms with Crippen LogP contribution in [0.1, 0.15) is 19.3 Å². The van der Waals surface area contributed by atoms with Crippen molar-refractivity contribution >= 4 is 29.5 Å². The summed E-state index contributed by atoms with van der Waals surface area (Å²) in [6.07, 6.45) is 1.91. The molecular weight excluding hydrogens is 203 g/mol. The molecule has 0 rings (SSSR count). The van der Waals surface area contributed by atoms with Crippen molar-refractivity contribution in [3.05, 3.63) is 0 Å². The maximum absolute atomic E-state index is 10.5. The van der Waals surface area contributed by atoms with Gasteiger partial charge >= 0.3 is 5.97 Å². The molecule has 0 amide bonds. The van der Waals surface area contributed by atoms with Crippen LogP contribution < -0.4 is 5.73 Å². The van der Waals surface area contributed by atoms with Crippen molar-refractivity contribution in [3.63, 3.8) is 0 Å². The Morgan fingerprint density at radius 2 is 2.08 bits per heavy atom. The Kier molecular flexibility index (Phi) is 6.47. The Balaban J connectivity index is 3.72. The van der Waals surface area contributed by atoms with Crippen molar-refractivity contribution in [3.8, 4) is 0 Å². The summed E-state index contributed by atoms with van der Waals surface area (Å²) in [5.41, 5.74) is 5.24. The van der Waals surface area contributed by atoms with Crippen LogP contribution in [0.15, 0.2) is 0 Å². The van der Waals surface area contributed by atoms with E-state index in [1.807, 2.05) is 0 Å². The minimum atomic E-state index is -1.02. The third kappa shape index (κ3) is 4.77. The van der Waals surface area contributed by atoms with E-state index >= 15 is 0 Å². The molecule has 0 heterocycles. The van der Waals surface area contributed by atoms with Crippen molar-refractivity contribution in [1.82, 2.24) is 3.94 Å². The zero-order valence-electron chi connectivity index (χ0n) is 6.54. The molecule has 72 valence electrons. The zero-order chi connectivity index (χ0) is 9.56. The van der Waals surface area contributed by atoms with E-state index in [1.54, 1.807) is 0 Å². The number of hydrogen-bond donors (Lipinski definition) is 2. The van der Waals surface area contributed by atoms with Crippen molar-refractivity contribution < 1.29 is 9.90 Å². The van der Waals surface area contributed by atoms with Gasteiger partial charge in [-0.2, -0.15) is 0 Å². The Hall–Kier alpha value is -0.0300. The minimum Gasteiger partial charge on any atom is -0.480 e. The highest BCUT2D eigenvalue weighted by molar-refractivity contribution is 6.34. The Morgan fingerprint density at radius 1 is 1.50 bits per heavy atom. The lowest BCUT2D eigenvalue weighted by atomic mass is 10.1. The monoisotopic (exact) mass is 214 g/mol. The molecule has 0 bridgehead atoms. The molecule has 0 saturated carbocycles. The van der Waals surface area contributed by atoms with Crippen LogP contribution in [0.25, 0.3) is 0 Å². The van der Waals surface area contributed by atoms with Gasteiger partial charge < -0.3 is 10.8 Å². The van der Waals surface area contributed by atoms with Crippen LogP contribution in [0.5, 0.6) is 0 Å². The predicted octanol–water partition coefficient (Wildman–Crippen LogP) is 1.18. The summed E-state index contributed by atoms with van der Waals surface area (Å²) in [5, 5.41) is 8.60. The van der Waals surface area contributed by atoms with Gasteiger partial charge in [-0.05, 0) is 49.4 Å². The normalized spacial score (nSPS) is 13.3. The van der Waals surface area contributed by atoms with Crippen LogP contribution in [0, 0.1) is 0 Å². The lowest BCUT2D eigenvalue weighted by Crippen LogP contribution is -2.29. The summed E-state index contributed by atoms with van der Waals surface area (Å²) in [6, 6.07) is -0.833. The molecular formula is C6H12Cl2N2O2. The fourth-order valence-corrected chi connectivity index (χ4v) is 1.15. The van der Waals surface area contributed by atoms with Crippen LogP contribution in [0.3, 0.4) is 0 Å². The quantitative estimate of drug-likeness (QED) is 0.515. The summed E-state index contributed by atoms with van der Waals surface area (Å²) in [7, 11) is 0. The highest BCUT2D eigenvalue weighted by Gasteiger charge is 2.22. The van der Waals surface area contributed by atoms with E-state index in [1.165, 1.54) is 0 Å². The highest BCUT2D eigenvalue weighted by Crippen LogP contribution is 2.13. The van der Waals surface area contributed by atoms with E-state index in [-0.39, 0.29) is 0 Å². The van der Waals surface area contributed by atoms with E-state index in [0.717, 1.165) is 6.42 Å². The first-order valence-electron chi connectivity index (χ1n) is 3.63. The maximum Gasteiger partial charge on any atom is 0.323 e. The van der Waals surface area contributed by atoms with Crippen molar-refractivity contribution in [2.75, 3.05) is 6.54 Å². The predicted molar refractivity (Wildman–Crippen MR) is 47.9 cm³/mol. The Labute approximate surface area is 81.4 Å². The number of unbranched alkanes of at least 4 members (excludes halogenated alkanes) is 1. The number of halogens is 2. The van der Waals surface area contributed by atoms with Gasteiger partial charge in [0.25, 0.3) is 0 Å². The van der Waals surface area contributed by atoms with Crippen molar-refractivity contribution in [1.29, 1.82) is 0 Å². The van der Waals surface area contributed by atoms with Gasteiger partial charge in [0.05, 0.1) is 0 Å². The summed E-state index contributed by atoms with van der Waals surface area (Å²) < 4.78 is 0.666. The lowest BCUT2D eigenvalue weighted by molar-refractivity contribution is -0.140. The van der Waals surface area contributed by atoms with E-state index in [4.69, 9.17) is 34.4 Å². The van der Waals surface area contributed by atoms with Crippen LogP contribution >= 0.6 is 23.6 Å². The Bertz CT molecular complexity index is 144. The molecule has 0 aromatic heterocycles. The molecule has 0 spiro atoms. The number of carbonyl (C=O) groups is 1. The fraction of sp³-hybridized carbons (Fsp3) is 0.833. The van der Waals surface area contributed by atoms with Crippen molar-refractivity contribution in [2.24, 2.45) is 5.73 Å². The molecule has 0 aliphatic heterocycles. The number of rotatable bonds is 6. The van der Waals surface area contributed by atoms with Gasteiger partial charge in [-0.25, -0.2) is 0 Å². The van der Waals surface area contributed by atoms with Crippen LogP contribution in [0.4, 0.5) is 0 Å². The second kappa shape index (κ2) is 6.48. The molecule has 0 fully saturated rings. The van der Waals surface area contributed by atoms with Crippen LogP contribution in [-0.2, 0) is 4.79 Å². The standard InChI is InChI=1S/C6H12Cl2N2O2/c7-10(8)5(6(11)12)3-1-2-4-9/h5H,1-4,9H2,(H,11,12)/t5-/m0/s1. The van der Waals surface area contributed by atoms with Gasteiger partial charge in [0, 0.05) is 0 Å². The third-order valence-electron chi connectivity index (χ3n) is 1.45. The molecule has 3 N–H and O–H groups in total. The smallest absolute Gasteiger partial charge is 0.323 e. The van der Waals surface area contributed by atoms with E-state index in [9.17, 15) is 4.79 Å². The van der Waals surface area contributed by atoms with Crippen molar-refractivity contribution in [2.45, 2.75) is 25.3 Å². The fourth-order valence-electron chi connectivity index (χ4n) is 0.787. The number of carboxylic acids is 1. The van der Waals surface area contributed by atoms with E-state index in [0.29, 0.717) is 23.3 Å². The minimum absolute atomic E-state index is 0.416. The molecule has 1 atom stereocenters. The van der Waals surface area contributed by atoms with Crippen LogP contribution in [0.2, 0.25) is 0 Å². The molecule has 0 aromatic rings. The average Bonchev–Trinajstić information content (AvgIpc) is 1.96. The topological polar surface area (TPSA) is 66.6 Å². The van der Waals surface area contributed by atoms with Gasteiger partial charge in [-0.3, -0.25) is 4.79 Å². The molecule has 0 saturated heterocycles. The first-order chi connectivity index (χ1) is 5.59. The van der Waals surface area contributed by atoms with Gasteiger partial charge in [0.2, 0.25) is 0 Å². The number of hydrogen-bond acceptors (Lipinski definition) is 3. The SMILES string of the molecule is NCCCC[C@@H](C(=O)O)N(Cl)Cl. The Morgan fingerprint density at radius 3 is 2.42 bits per heavy atom. The second-order valence-electron chi connectivity index (χ2n) is 2.40. The number of carboxylic acid groups (broad SMARTS) is 1.